The number of aromatic hydroxyl groups is 6. The zero-order valence-corrected chi connectivity index (χ0v) is 80.4. The van der Waals surface area contributed by atoms with E-state index in [0.717, 1.165) is 175 Å². The van der Waals surface area contributed by atoms with Crippen molar-refractivity contribution in [3.63, 3.8) is 0 Å². The largest absolute Gasteiger partial charge is 0.508 e. The van der Waals surface area contributed by atoms with Gasteiger partial charge < -0.3 is 89.9 Å². The van der Waals surface area contributed by atoms with Crippen molar-refractivity contribution in [2.45, 2.75) is 39.3 Å². The van der Waals surface area contributed by atoms with Crippen LogP contribution in [-0.4, -0.2) is 277 Å². The highest BCUT2D eigenvalue weighted by Gasteiger charge is 2.28. The van der Waals surface area contributed by atoms with Crippen molar-refractivity contribution >= 4 is 131 Å². The predicted octanol–water partition coefficient (Wildman–Crippen LogP) is 9.70. The maximum atomic E-state index is 13.4. The van der Waals surface area contributed by atoms with Crippen LogP contribution in [0.1, 0.15) is 33.4 Å². The Kier molecular flexibility index (Phi) is 36.5. The Morgan fingerprint density at radius 3 is 0.919 bits per heavy atom. The number of phenols is 6. The number of H-pyrrole nitrogens is 6. The number of hydrogen-bond donors (Lipinski definition) is 12. The molecule has 6 aliphatic rings. The molecule has 45 heteroatoms. The number of piperazine rings is 6. The number of halogens is 9. The van der Waals surface area contributed by atoms with Crippen LogP contribution in [0.2, 0.25) is 25.1 Å². The molecule has 12 heterocycles. The van der Waals surface area contributed by atoms with Gasteiger partial charge in [0.15, 0.2) is 11.6 Å². The summed E-state index contributed by atoms with van der Waals surface area (Å²) in [6.07, 6.45) is 8.48. The Morgan fingerprint density at radius 1 is 0.296 bits per heavy atom. The molecule has 0 saturated carbocycles. The highest BCUT2D eigenvalue weighted by molar-refractivity contribution is 14.1. The lowest BCUT2D eigenvalue weighted by Crippen LogP contribution is -2.46. The molecule has 36 nitrogen and oxygen atoms in total. The molecule has 6 aromatic carbocycles. The van der Waals surface area contributed by atoms with Crippen LogP contribution in [0.3, 0.4) is 0 Å². The van der Waals surface area contributed by atoms with E-state index < -0.39 is 17.4 Å². The molecule has 0 radical (unpaired) electrons. The number of anilines is 6. The van der Waals surface area contributed by atoms with Crippen molar-refractivity contribution in [2.24, 2.45) is 0 Å². The topological polar surface area (TPSA) is 435 Å². The number of aromatic nitrogens is 12. The lowest BCUT2D eigenvalue weighted by Gasteiger charge is -2.35. The molecule has 0 amide bonds. The highest BCUT2D eigenvalue weighted by atomic mass is 127. The smallest absolute Gasteiger partial charge is 0.252 e. The third kappa shape index (κ3) is 29.7. The average Bonchev–Trinajstić information content (AvgIpc) is 0.823. The van der Waals surface area contributed by atoms with Crippen molar-refractivity contribution in [3.05, 3.63) is 306 Å². The van der Waals surface area contributed by atoms with Crippen LogP contribution >= 0.6 is 96.5 Å². The van der Waals surface area contributed by atoms with E-state index in [1.165, 1.54) is 80.4 Å². The summed E-state index contributed by atoms with van der Waals surface area (Å²) < 4.78 is 28.3. The van der Waals surface area contributed by atoms with Gasteiger partial charge in [-0.3, -0.25) is 58.2 Å². The second-order valence-electron chi connectivity index (χ2n) is 32.2. The van der Waals surface area contributed by atoms with Crippen LogP contribution in [0.25, 0.3) is 0 Å². The van der Waals surface area contributed by atoms with Gasteiger partial charge in [0.05, 0.1) is 52.5 Å². The summed E-state index contributed by atoms with van der Waals surface area (Å²) in [6.45, 7) is 22.2. The van der Waals surface area contributed by atoms with Crippen LogP contribution in [0, 0.1) is 15.2 Å². The zero-order valence-electron chi connectivity index (χ0n) is 72.9. The maximum Gasteiger partial charge on any atom is 0.252 e. The zero-order chi connectivity index (χ0) is 95.8. The van der Waals surface area contributed by atoms with E-state index >= 15 is 0 Å². The third-order valence-corrected chi connectivity index (χ3v) is 25.5. The molecule has 0 atom stereocenters. The molecule has 135 heavy (non-hydrogen) atoms. The number of nitrogens with zero attached hydrogens (tertiary/aromatic N) is 18. The molecule has 12 N–H and O–H groups in total. The van der Waals surface area contributed by atoms with E-state index in [4.69, 9.17) is 58.0 Å². The summed E-state index contributed by atoms with van der Waals surface area (Å²) in [5.41, 5.74) is 3.42. The van der Waals surface area contributed by atoms with E-state index in [1.54, 1.807) is 48.5 Å². The molecule has 6 aliphatic heterocycles. The van der Waals surface area contributed by atoms with E-state index in [0.29, 0.717) is 123 Å². The molecule has 12 aromatic rings. The molecule has 714 valence electrons. The molecule has 6 saturated heterocycles. The maximum absolute atomic E-state index is 13.4. The number of aromatic amines is 6. The summed E-state index contributed by atoms with van der Waals surface area (Å²) in [5, 5.41) is 62.0. The molecule has 0 spiro atoms. The SMILES string of the molecule is O=c1cc(N2CCN(Cc3cc(Cl)cc(Br)c3O)CC2)nc[nH]1.O=c1cc(N2CCN(Cc3cc(Cl)cc(Cl)c3O)CC2)nc[nH]1.O=c1cc(N2CCN(Cc3cc(Cl)ccc3O)CC2)nc[nH]1.O=c1cc(N2CCN(Cc3cc(F)cc(F)c3O)CC2)nc[nH]1.O=c1cc(N2CCN(Cc3cc(I)ccc3O)CC2)nc[nH]1.O=c1cc(N2CCN(Cc3cccc(Cl)c3O)CC2)nc[nH]1. The average molecular weight is 2130 g/mol. The molecular weight excluding hydrogens is 2030 g/mol. The Labute approximate surface area is 819 Å². The van der Waals surface area contributed by atoms with E-state index in [-0.39, 0.29) is 73.5 Å². The monoisotopic (exact) mass is 2130 g/mol. The minimum absolute atomic E-state index is 0.0785. The molecule has 18 rings (SSSR count). The van der Waals surface area contributed by atoms with Crippen molar-refractivity contribution in [3.8, 4) is 34.5 Å². The van der Waals surface area contributed by atoms with Crippen LogP contribution in [-0.2, 0) is 39.3 Å². The van der Waals surface area contributed by atoms with Crippen molar-refractivity contribution < 1.29 is 39.4 Å². The van der Waals surface area contributed by atoms with Gasteiger partial charge in [-0.1, -0.05) is 70.1 Å². The summed E-state index contributed by atoms with van der Waals surface area (Å²) >= 11 is 35.5. The third-order valence-electron chi connectivity index (χ3n) is 23.0. The van der Waals surface area contributed by atoms with Crippen molar-refractivity contribution in [1.82, 2.24) is 89.2 Å². The lowest BCUT2D eigenvalue weighted by molar-refractivity contribution is 0.244. The van der Waals surface area contributed by atoms with E-state index in [9.17, 15) is 68.2 Å². The van der Waals surface area contributed by atoms with E-state index in [2.05, 4.69) is 147 Å². The number of hydrogen-bond acceptors (Lipinski definition) is 30. The van der Waals surface area contributed by atoms with E-state index in [1.807, 2.05) is 34.1 Å². The first-order valence-corrected chi connectivity index (χ1v) is 46.7. The van der Waals surface area contributed by atoms with Crippen LogP contribution in [0.15, 0.2) is 199 Å². The summed E-state index contributed by atoms with van der Waals surface area (Å²) in [7, 11) is 0. The summed E-state index contributed by atoms with van der Waals surface area (Å²) in [4.78, 5) is 134. The van der Waals surface area contributed by atoms with Crippen molar-refractivity contribution in [1.29, 1.82) is 0 Å². The fourth-order valence-corrected chi connectivity index (χ4v) is 18.1. The van der Waals surface area contributed by atoms with Gasteiger partial charge in [0.2, 0.25) is 0 Å². The molecule has 0 unspecified atom stereocenters. The van der Waals surface area contributed by atoms with Crippen LogP contribution < -0.4 is 62.8 Å². The molecular formula is C90H99BrCl5F2IN24O12. The number of para-hydroxylation sites is 1. The fourth-order valence-electron chi connectivity index (χ4n) is 15.7. The number of benzene rings is 6. The Morgan fingerprint density at radius 2 is 0.578 bits per heavy atom. The quantitative estimate of drug-likeness (QED) is 0.0355. The van der Waals surface area contributed by atoms with Crippen LogP contribution in [0.4, 0.5) is 43.7 Å². The predicted molar refractivity (Wildman–Crippen MR) is 528 cm³/mol. The summed E-state index contributed by atoms with van der Waals surface area (Å²) in [5.74, 6) is 3.02. The van der Waals surface area contributed by atoms with Crippen LogP contribution in [0.5, 0.6) is 34.5 Å². The van der Waals surface area contributed by atoms with Gasteiger partial charge in [0, 0.05) is 291 Å². The van der Waals surface area contributed by atoms with Gasteiger partial charge in [0.1, 0.15) is 69.5 Å². The lowest BCUT2D eigenvalue weighted by atomic mass is 10.1. The van der Waals surface area contributed by atoms with Gasteiger partial charge in [-0.25, -0.2) is 38.7 Å². The normalized spacial score (nSPS) is 15.9. The molecule has 6 fully saturated rings. The van der Waals surface area contributed by atoms with Gasteiger partial charge in [-0.05, 0) is 111 Å². The van der Waals surface area contributed by atoms with Gasteiger partial charge >= 0.3 is 0 Å². The molecule has 0 aliphatic carbocycles. The minimum Gasteiger partial charge on any atom is -0.508 e. The minimum atomic E-state index is -0.952. The number of rotatable bonds is 18. The Hall–Kier alpha value is -11.5. The fraction of sp³-hybridized carbons (Fsp3) is 0.333. The number of nitrogens with one attached hydrogen (secondary N) is 6. The summed E-state index contributed by atoms with van der Waals surface area (Å²) in [6, 6.07) is 33.7. The second-order valence-corrected chi connectivity index (χ2v) is 36.4. The van der Waals surface area contributed by atoms with Gasteiger partial charge in [0.25, 0.3) is 33.4 Å². The first-order valence-electron chi connectivity index (χ1n) is 43.0. The number of phenolic OH excluding ortho intramolecular Hbond substituents is 6. The van der Waals surface area contributed by atoms with Crippen molar-refractivity contribution in [2.75, 3.05) is 186 Å². The van der Waals surface area contributed by atoms with Gasteiger partial charge in [-0.2, -0.15) is 0 Å². The molecule has 0 bridgehead atoms. The standard InChI is InChI=1S/C15H16BrClN4O2.C15H16Cl2N4O2.2C15H17ClN4O2.C15H16F2N4O2.C15H17IN4O2/c16-12-6-11(17)5-10(15(12)23)8-20-1-3-21(4-2-20)13-7-14(22)19-9-18-13;16-11-5-10(15(23)12(17)6-11)8-20-1-3-21(4-2-20)13-7-14(22)19-9-18-13;16-12-1-2-13(21)11(7-12)9-19-3-5-20(6-4-19)14-8-15(22)18-10-17-14;16-12-3-1-2-11(15(12)22)9-19-4-6-20(7-5-19)13-8-14(21)18-10-17-13;16-11-5-10(15(23)12(17)6-11)8-20-1-3-21(4-2-20)13-7-14(22)19-9-18-13;16-12-1-2-13(21)11(7-12)9-19-3-5-20(6-4-19)14-8-15(22)18-10-17-14/h2*5-7,9,23H,1-4,8H2,(H,18,19,22);1-2,7-8,10,21H,3-6,9H2,(H,17,18,22);1-3,8,10,22H,4-7,9H2,(H,17,18,21);5-7,9,23H,1-4,8H2,(H,18,19,22);1-2,7-8,10,21H,3-6,9H2,(H,17,18,22). The Bertz CT molecular complexity index is 5840. The van der Waals surface area contributed by atoms with Gasteiger partial charge in [-0.15, -0.1) is 0 Å². The highest BCUT2D eigenvalue weighted by Crippen LogP contribution is 2.36. The first kappa shape index (κ1) is 101. The Balaban J connectivity index is 0.000000137. The first-order chi connectivity index (χ1) is 64.9. The molecule has 6 aromatic heterocycles. The second kappa shape index (κ2) is 48.8.